The molecule has 3 rings (SSSR count). The number of amides is 1. The van der Waals surface area contributed by atoms with Gasteiger partial charge >= 0.3 is 0 Å². The van der Waals surface area contributed by atoms with Crippen LogP contribution in [0.5, 0.6) is 11.5 Å². The van der Waals surface area contributed by atoms with E-state index in [0.717, 1.165) is 18.2 Å². The normalized spacial score (nSPS) is 13.3. The summed E-state index contributed by atoms with van der Waals surface area (Å²) in [5.41, 5.74) is 1.02. The second kappa shape index (κ2) is 6.95. The molecule has 6 heteroatoms. The van der Waals surface area contributed by atoms with Gasteiger partial charge in [0, 0.05) is 29.5 Å². The number of aromatic nitrogens is 1. The lowest BCUT2D eigenvalue weighted by atomic mass is 10.0. The van der Waals surface area contributed by atoms with Crippen molar-refractivity contribution in [2.75, 3.05) is 13.2 Å². The third-order valence-corrected chi connectivity index (χ3v) is 4.39. The molecule has 1 aromatic heterocycles. The van der Waals surface area contributed by atoms with Gasteiger partial charge in [0.15, 0.2) is 11.5 Å². The van der Waals surface area contributed by atoms with Gasteiger partial charge in [-0.3, -0.25) is 9.59 Å². The number of hydrogen-bond donors (Lipinski definition) is 2. The van der Waals surface area contributed by atoms with Crippen LogP contribution in [-0.2, 0) is 11.3 Å². The maximum atomic E-state index is 12.2. The molecular formula is C18H22N2O4. The number of rotatable bonds is 5. The lowest BCUT2D eigenvalue weighted by Gasteiger charge is -2.19. The Morgan fingerprint density at radius 3 is 2.50 bits per heavy atom. The maximum absolute atomic E-state index is 12.2. The number of carbonyl (C=O) groups is 1. The molecule has 2 heterocycles. The largest absolute Gasteiger partial charge is 0.486 e. The highest BCUT2D eigenvalue weighted by atomic mass is 16.6. The van der Waals surface area contributed by atoms with E-state index in [2.05, 4.69) is 10.3 Å². The van der Waals surface area contributed by atoms with Gasteiger partial charge in [-0.05, 0) is 25.0 Å². The minimum Gasteiger partial charge on any atom is -0.486 e. The summed E-state index contributed by atoms with van der Waals surface area (Å²) in [6.07, 6.45) is 1.58. The molecule has 0 spiro atoms. The van der Waals surface area contributed by atoms with Gasteiger partial charge in [-0.2, -0.15) is 0 Å². The van der Waals surface area contributed by atoms with Crippen molar-refractivity contribution in [2.24, 2.45) is 5.92 Å². The zero-order chi connectivity index (χ0) is 17.1. The predicted octanol–water partition coefficient (Wildman–Crippen LogP) is 2.35. The molecule has 0 fully saturated rings. The molecule has 2 N–H and O–H groups in total. The molecule has 1 aliphatic heterocycles. The number of aromatic amines is 1. The van der Waals surface area contributed by atoms with E-state index in [1.54, 1.807) is 12.1 Å². The zero-order valence-corrected chi connectivity index (χ0v) is 14.0. The summed E-state index contributed by atoms with van der Waals surface area (Å²) < 4.78 is 11.1. The Kier molecular flexibility index (Phi) is 4.74. The van der Waals surface area contributed by atoms with Crippen LogP contribution >= 0.6 is 0 Å². The van der Waals surface area contributed by atoms with E-state index in [4.69, 9.17) is 9.47 Å². The fourth-order valence-corrected chi connectivity index (χ4v) is 2.91. The van der Waals surface area contributed by atoms with Crippen molar-refractivity contribution in [3.8, 4) is 11.5 Å². The fourth-order valence-electron chi connectivity index (χ4n) is 2.91. The highest BCUT2D eigenvalue weighted by molar-refractivity contribution is 5.83. The van der Waals surface area contributed by atoms with Gasteiger partial charge < -0.3 is 19.8 Å². The average molecular weight is 330 g/mol. The molecule has 6 nitrogen and oxygen atoms in total. The molecule has 0 bridgehead atoms. The van der Waals surface area contributed by atoms with Gasteiger partial charge in [0.05, 0.1) is 5.52 Å². The highest BCUT2D eigenvalue weighted by Gasteiger charge is 2.16. The molecule has 0 saturated heterocycles. The molecule has 1 aliphatic rings. The van der Waals surface area contributed by atoms with Crippen LogP contribution in [0.2, 0.25) is 0 Å². The minimum atomic E-state index is -0.205. The molecule has 24 heavy (non-hydrogen) atoms. The molecule has 0 radical (unpaired) electrons. The van der Waals surface area contributed by atoms with Gasteiger partial charge in [-0.25, -0.2) is 0 Å². The van der Waals surface area contributed by atoms with Crippen molar-refractivity contribution >= 4 is 16.8 Å². The van der Waals surface area contributed by atoms with Crippen molar-refractivity contribution in [1.29, 1.82) is 0 Å². The van der Waals surface area contributed by atoms with Crippen LogP contribution in [0.25, 0.3) is 10.9 Å². The minimum absolute atomic E-state index is 0.0119. The first-order valence-corrected chi connectivity index (χ1v) is 8.35. The monoisotopic (exact) mass is 330 g/mol. The number of carbonyl (C=O) groups excluding carboxylic acids is 1. The first-order chi connectivity index (χ1) is 11.6. The van der Waals surface area contributed by atoms with Gasteiger partial charge in [0.1, 0.15) is 13.2 Å². The predicted molar refractivity (Wildman–Crippen MR) is 91.5 cm³/mol. The van der Waals surface area contributed by atoms with Crippen LogP contribution in [0.1, 0.15) is 32.3 Å². The second-order valence-electron chi connectivity index (χ2n) is 5.94. The van der Waals surface area contributed by atoms with E-state index in [0.29, 0.717) is 35.8 Å². The Bertz CT molecular complexity index is 809. The lowest BCUT2D eigenvalue weighted by molar-refractivity contribution is -0.125. The van der Waals surface area contributed by atoms with Crippen LogP contribution in [0, 0.1) is 5.92 Å². The summed E-state index contributed by atoms with van der Waals surface area (Å²) in [6, 6.07) is 5.42. The van der Waals surface area contributed by atoms with E-state index in [1.807, 2.05) is 19.9 Å². The zero-order valence-electron chi connectivity index (χ0n) is 14.0. The number of pyridine rings is 1. The Morgan fingerprint density at radius 2 is 1.83 bits per heavy atom. The number of nitrogens with one attached hydrogen (secondary N) is 2. The molecule has 2 aromatic rings. The smallest absolute Gasteiger partial charge is 0.253 e. The topological polar surface area (TPSA) is 80.4 Å². The number of hydrogen-bond acceptors (Lipinski definition) is 4. The summed E-state index contributed by atoms with van der Waals surface area (Å²) >= 11 is 0. The molecule has 1 amide bonds. The summed E-state index contributed by atoms with van der Waals surface area (Å²) in [7, 11) is 0. The number of ether oxygens (including phenoxy) is 2. The van der Waals surface area contributed by atoms with E-state index in [9.17, 15) is 9.59 Å². The number of benzene rings is 1. The van der Waals surface area contributed by atoms with E-state index in [1.165, 1.54) is 0 Å². The van der Waals surface area contributed by atoms with E-state index < -0.39 is 0 Å². The Morgan fingerprint density at radius 1 is 1.17 bits per heavy atom. The van der Waals surface area contributed by atoms with Crippen molar-refractivity contribution in [1.82, 2.24) is 10.3 Å². The first kappa shape index (κ1) is 16.4. The number of H-pyrrole nitrogens is 1. The third-order valence-electron chi connectivity index (χ3n) is 4.39. The van der Waals surface area contributed by atoms with Crippen LogP contribution < -0.4 is 20.3 Å². The summed E-state index contributed by atoms with van der Waals surface area (Å²) in [6.45, 7) is 5.21. The van der Waals surface area contributed by atoms with Crippen LogP contribution in [0.4, 0.5) is 0 Å². The molecule has 0 saturated carbocycles. The average Bonchev–Trinajstić information content (AvgIpc) is 2.59. The highest BCUT2D eigenvalue weighted by Crippen LogP contribution is 2.33. The van der Waals surface area contributed by atoms with Crippen molar-refractivity contribution < 1.29 is 14.3 Å². The second-order valence-corrected chi connectivity index (χ2v) is 5.94. The Balaban J connectivity index is 1.85. The van der Waals surface area contributed by atoms with Crippen molar-refractivity contribution in [2.45, 2.75) is 33.2 Å². The molecule has 128 valence electrons. The Labute approximate surface area is 140 Å². The quantitative estimate of drug-likeness (QED) is 0.882. The van der Waals surface area contributed by atoms with Crippen LogP contribution in [0.15, 0.2) is 23.0 Å². The number of fused-ring (bicyclic) bond motifs is 2. The molecular weight excluding hydrogens is 308 g/mol. The molecule has 0 atom stereocenters. The van der Waals surface area contributed by atoms with E-state index in [-0.39, 0.29) is 23.9 Å². The van der Waals surface area contributed by atoms with Gasteiger partial charge in [-0.15, -0.1) is 0 Å². The van der Waals surface area contributed by atoms with Gasteiger partial charge in [0.2, 0.25) is 5.91 Å². The summed E-state index contributed by atoms with van der Waals surface area (Å²) in [4.78, 5) is 27.2. The fraction of sp³-hybridized carbons (Fsp3) is 0.444. The molecule has 0 unspecified atom stereocenters. The maximum Gasteiger partial charge on any atom is 0.253 e. The van der Waals surface area contributed by atoms with E-state index >= 15 is 0 Å². The van der Waals surface area contributed by atoms with Crippen LogP contribution in [-0.4, -0.2) is 24.1 Å². The SMILES string of the molecule is CCC(CC)C(=O)NCc1cc2cc3c(cc2[nH]c1=O)OCCO3. The summed E-state index contributed by atoms with van der Waals surface area (Å²) in [5.74, 6) is 1.29. The summed E-state index contributed by atoms with van der Waals surface area (Å²) in [5, 5.41) is 3.71. The van der Waals surface area contributed by atoms with Crippen LogP contribution in [0.3, 0.4) is 0 Å². The lowest BCUT2D eigenvalue weighted by Crippen LogP contribution is -2.31. The third kappa shape index (κ3) is 3.22. The van der Waals surface area contributed by atoms with Gasteiger partial charge in [0.25, 0.3) is 5.56 Å². The van der Waals surface area contributed by atoms with Gasteiger partial charge in [-0.1, -0.05) is 13.8 Å². The van der Waals surface area contributed by atoms with Crippen molar-refractivity contribution in [3.63, 3.8) is 0 Å². The first-order valence-electron chi connectivity index (χ1n) is 8.35. The molecule has 0 aliphatic carbocycles. The van der Waals surface area contributed by atoms with Crippen molar-refractivity contribution in [3.05, 3.63) is 34.1 Å². The Hall–Kier alpha value is -2.50. The molecule has 1 aromatic carbocycles. The standard InChI is InChI=1S/C18H22N2O4/c1-3-11(4-2)17(21)19-10-13-7-12-8-15-16(24-6-5-23-15)9-14(12)20-18(13)22/h7-9,11H,3-6,10H2,1-2H3,(H,19,21)(H,20,22).